The smallest absolute Gasteiger partial charge is 0.225 e. The van der Waals surface area contributed by atoms with Crippen molar-refractivity contribution in [3.8, 4) is 0 Å². The summed E-state index contributed by atoms with van der Waals surface area (Å²) in [7, 11) is 0. The van der Waals surface area contributed by atoms with Gasteiger partial charge in [-0.15, -0.1) is 0 Å². The second-order valence-electron chi connectivity index (χ2n) is 8.14. The maximum atomic E-state index is 12.9. The van der Waals surface area contributed by atoms with Gasteiger partial charge in [-0.1, -0.05) is 12.1 Å². The van der Waals surface area contributed by atoms with Crippen molar-refractivity contribution in [3.05, 3.63) is 30.1 Å². The molecule has 2 aromatic rings. The Labute approximate surface area is 172 Å². The second kappa shape index (κ2) is 8.53. The number of fused-ring (bicyclic) bond motifs is 1. The maximum Gasteiger partial charge on any atom is 0.225 e. The molecule has 1 aromatic carbocycles. The fraction of sp³-hybridized carbons (Fsp3) is 0.591. The number of para-hydroxylation sites is 2. The van der Waals surface area contributed by atoms with Crippen LogP contribution >= 0.6 is 0 Å². The van der Waals surface area contributed by atoms with Crippen LogP contribution in [-0.4, -0.2) is 75.3 Å². The highest BCUT2D eigenvalue weighted by molar-refractivity contribution is 5.80. The van der Waals surface area contributed by atoms with Crippen molar-refractivity contribution in [2.75, 3.05) is 39.3 Å². The average molecular weight is 398 g/mol. The summed E-state index contributed by atoms with van der Waals surface area (Å²) in [4.78, 5) is 35.4. The van der Waals surface area contributed by atoms with Gasteiger partial charge in [0.15, 0.2) is 0 Å². The van der Waals surface area contributed by atoms with Crippen LogP contribution in [0.15, 0.2) is 24.3 Å². The van der Waals surface area contributed by atoms with Gasteiger partial charge >= 0.3 is 0 Å². The molecule has 0 radical (unpaired) electrons. The minimum atomic E-state index is 0.100. The molecule has 0 saturated carbocycles. The van der Waals surface area contributed by atoms with E-state index in [0.29, 0.717) is 26.2 Å². The molecule has 2 fully saturated rings. The molecule has 156 valence electrons. The number of piperidine rings is 1. The Kier molecular flexibility index (Phi) is 5.85. The van der Waals surface area contributed by atoms with Crippen molar-refractivity contribution < 1.29 is 9.59 Å². The van der Waals surface area contributed by atoms with Gasteiger partial charge in [-0.05, 0) is 45.0 Å². The summed E-state index contributed by atoms with van der Waals surface area (Å²) < 4.78 is 2.29. The lowest BCUT2D eigenvalue weighted by Gasteiger charge is -2.38. The van der Waals surface area contributed by atoms with Gasteiger partial charge in [-0.25, -0.2) is 4.98 Å². The minimum absolute atomic E-state index is 0.100. The van der Waals surface area contributed by atoms with E-state index in [4.69, 9.17) is 4.98 Å². The number of hydrogen-bond donors (Lipinski definition) is 0. The third kappa shape index (κ3) is 4.15. The first-order chi connectivity index (χ1) is 14.1. The van der Waals surface area contributed by atoms with Crippen molar-refractivity contribution in [1.29, 1.82) is 0 Å². The molecular formula is C22H31N5O2. The van der Waals surface area contributed by atoms with E-state index in [1.165, 1.54) is 5.52 Å². The van der Waals surface area contributed by atoms with Gasteiger partial charge in [0.2, 0.25) is 11.8 Å². The number of likely N-dealkylation sites (tertiary alicyclic amines) is 1. The molecule has 2 amide bonds. The Morgan fingerprint density at radius 3 is 2.31 bits per heavy atom. The number of rotatable bonds is 4. The van der Waals surface area contributed by atoms with Crippen molar-refractivity contribution in [2.45, 2.75) is 39.8 Å². The van der Waals surface area contributed by atoms with Crippen LogP contribution in [0.2, 0.25) is 0 Å². The van der Waals surface area contributed by atoms with Gasteiger partial charge in [0.05, 0.1) is 17.6 Å². The maximum absolute atomic E-state index is 12.9. The van der Waals surface area contributed by atoms with Crippen LogP contribution in [-0.2, 0) is 22.7 Å². The molecular weight excluding hydrogens is 366 g/mol. The molecule has 0 unspecified atom stereocenters. The molecule has 1 aromatic heterocycles. The number of carbonyl (C=O) groups excluding carboxylic acids is 2. The quantitative estimate of drug-likeness (QED) is 0.791. The number of hydrogen-bond acceptors (Lipinski definition) is 4. The van der Waals surface area contributed by atoms with E-state index < -0.39 is 0 Å². The molecule has 2 aliphatic rings. The third-order valence-electron chi connectivity index (χ3n) is 6.39. The summed E-state index contributed by atoms with van der Waals surface area (Å²) in [6.07, 6.45) is 1.80. The molecule has 0 bridgehead atoms. The minimum Gasteiger partial charge on any atom is -0.339 e. The van der Waals surface area contributed by atoms with E-state index in [2.05, 4.69) is 34.6 Å². The van der Waals surface area contributed by atoms with E-state index in [1.54, 1.807) is 6.92 Å². The number of piperazine rings is 1. The van der Waals surface area contributed by atoms with Gasteiger partial charge in [-0.2, -0.15) is 0 Å². The molecule has 2 aliphatic heterocycles. The zero-order valence-corrected chi connectivity index (χ0v) is 17.5. The Bertz CT molecular complexity index is 876. The topological polar surface area (TPSA) is 61.7 Å². The summed E-state index contributed by atoms with van der Waals surface area (Å²) in [5, 5.41) is 0. The summed E-state index contributed by atoms with van der Waals surface area (Å²) in [6.45, 7) is 10.0. The average Bonchev–Trinajstić information content (AvgIpc) is 3.10. The molecule has 7 heteroatoms. The van der Waals surface area contributed by atoms with Crippen molar-refractivity contribution in [1.82, 2.24) is 24.3 Å². The number of carbonyl (C=O) groups is 2. The van der Waals surface area contributed by atoms with E-state index >= 15 is 0 Å². The lowest BCUT2D eigenvalue weighted by molar-refractivity contribution is -0.142. The van der Waals surface area contributed by atoms with Crippen LogP contribution in [0.3, 0.4) is 0 Å². The Balaban J connectivity index is 1.32. The summed E-state index contributed by atoms with van der Waals surface area (Å²) in [6, 6.07) is 8.30. The largest absolute Gasteiger partial charge is 0.339 e. The van der Waals surface area contributed by atoms with Gasteiger partial charge in [0, 0.05) is 45.6 Å². The first kappa shape index (κ1) is 19.9. The van der Waals surface area contributed by atoms with Crippen LogP contribution in [0.1, 0.15) is 32.5 Å². The molecule has 0 spiro atoms. The molecule has 2 saturated heterocycles. The fourth-order valence-corrected chi connectivity index (χ4v) is 4.64. The molecule has 0 aliphatic carbocycles. The zero-order valence-electron chi connectivity index (χ0n) is 17.5. The van der Waals surface area contributed by atoms with Crippen molar-refractivity contribution in [2.24, 2.45) is 5.92 Å². The number of amides is 2. The van der Waals surface area contributed by atoms with Crippen LogP contribution in [0.25, 0.3) is 11.0 Å². The summed E-state index contributed by atoms with van der Waals surface area (Å²) in [5.41, 5.74) is 2.25. The van der Waals surface area contributed by atoms with Crippen molar-refractivity contribution in [3.63, 3.8) is 0 Å². The van der Waals surface area contributed by atoms with Crippen LogP contribution in [0, 0.1) is 5.92 Å². The van der Waals surface area contributed by atoms with Gasteiger partial charge < -0.3 is 14.4 Å². The van der Waals surface area contributed by atoms with E-state index in [-0.39, 0.29) is 17.7 Å². The SMILES string of the molecule is CCn1c(CN2CCC(C(=O)N3CCN(C(C)=O)CC3)CC2)nc2ccccc21. The fourth-order valence-electron chi connectivity index (χ4n) is 4.64. The Morgan fingerprint density at radius 2 is 1.66 bits per heavy atom. The second-order valence-corrected chi connectivity index (χ2v) is 8.14. The number of benzene rings is 1. The first-order valence-electron chi connectivity index (χ1n) is 10.8. The number of aromatic nitrogens is 2. The van der Waals surface area contributed by atoms with Crippen molar-refractivity contribution >= 4 is 22.8 Å². The highest BCUT2D eigenvalue weighted by Crippen LogP contribution is 2.23. The lowest BCUT2D eigenvalue weighted by atomic mass is 9.95. The molecule has 29 heavy (non-hydrogen) atoms. The number of nitrogens with zero attached hydrogens (tertiary/aromatic N) is 5. The number of aryl methyl sites for hydroxylation is 1. The Hall–Kier alpha value is -2.41. The van der Waals surface area contributed by atoms with E-state index in [1.807, 2.05) is 15.9 Å². The molecule has 7 nitrogen and oxygen atoms in total. The molecule has 0 atom stereocenters. The normalized spacial score (nSPS) is 19.1. The lowest BCUT2D eigenvalue weighted by Crippen LogP contribution is -2.52. The van der Waals surface area contributed by atoms with Crippen LogP contribution < -0.4 is 0 Å². The standard InChI is InChI=1S/C22H31N5O2/c1-3-27-20-7-5-4-6-19(20)23-21(27)16-24-10-8-18(9-11-24)22(29)26-14-12-25(13-15-26)17(2)28/h4-7,18H,3,8-16H2,1-2H3. The predicted octanol–water partition coefficient (Wildman–Crippen LogP) is 1.96. The first-order valence-corrected chi connectivity index (χ1v) is 10.8. The summed E-state index contributed by atoms with van der Waals surface area (Å²) >= 11 is 0. The number of imidazole rings is 1. The van der Waals surface area contributed by atoms with E-state index in [0.717, 1.165) is 50.4 Å². The zero-order chi connectivity index (χ0) is 20.4. The van der Waals surface area contributed by atoms with Crippen LogP contribution in [0.4, 0.5) is 0 Å². The third-order valence-corrected chi connectivity index (χ3v) is 6.39. The highest BCUT2D eigenvalue weighted by Gasteiger charge is 2.31. The van der Waals surface area contributed by atoms with Gasteiger partial charge in [0.25, 0.3) is 0 Å². The molecule has 4 rings (SSSR count). The monoisotopic (exact) mass is 397 g/mol. The van der Waals surface area contributed by atoms with E-state index in [9.17, 15) is 9.59 Å². The van der Waals surface area contributed by atoms with Gasteiger partial charge in [0.1, 0.15) is 5.82 Å². The molecule has 3 heterocycles. The summed E-state index contributed by atoms with van der Waals surface area (Å²) in [5.74, 6) is 1.59. The van der Waals surface area contributed by atoms with Crippen LogP contribution in [0.5, 0.6) is 0 Å². The predicted molar refractivity (Wildman–Crippen MR) is 112 cm³/mol. The molecule has 0 N–H and O–H groups in total. The highest BCUT2D eigenvalue weighted by atomic mass is 16.2. The van der Waals surface area contributed by atoms with Gasteiger partial charge in [-0.3, -0.25) is 14.5 Å². The Morgan fingerprint density at radius 1 is 1.00 bits per heavy atom.